The third-order valence-corrected chi connectivity index (χ3v) is 14.2. The van der Waals surface area contributed by atoms with Gasteiger partial charge in [-0.15, -0.1) is 11.3 Å². The van der Waals surface area contributed by atoms with Crippen LogP contribution in [-0.2, 0) is 0 Å². The zero-order valence-electron chi connectivity index (χ0n) is 34.2. The maximum Gasteiger partial charge on any atom is 0.0546 e. The number of benzene rings is 11. The van der Waals surface area contributed by atoms with Crippen molar-refractivity contribution in [3.8, 4) is 27.9 Å². The van der Waals surface area contributed by atoms with Gasteiger partial charge in [-0.1, -0.05) is 164 Å². The topological polar surface area (TPSA) is 8.17 Å². The van der Waals surface area contributed by atoms with E-state index in [1.165, 1.54) is 102 Å². The van der Waals surface area contributed by atoms with Crippen LogP contribution in [0.5, 0.6) is 0 Å². The summed E-state index contributed by atoms with van der Waals surface area (Å²) in [5.41, 5.74) is 11.8. The van der Waals surface area contributed by atoms with Crippen molar-refractivity contribution in [2.45, 2.75) is 0 Å². The van der Waals surface area contributed by atoms with Gasteiger partial charge in [-0.2, -0.15) is 0 Å². The van der Waals surface area contributed by atoms with Crippen LogP contribution in [0.15, 0.2) is 231 Å². The number of anilines is 3. The van der Waals surface area contributed by atoms with Crippen molar-refractivity contribution < 1.29 is 0 Å². The molecule has 294 valence electrons. The van der Waals surface area contributed by atoms with Gasteiger partial charge in [0, 0.05) is 53.4 Å². The smallest absolute Gasteiger partial charge is 0.0546 e. The lowest BCUT2D eigenvalue weighted by Gasteiger charge is -2.28. The summed E-state index contributed by atoms with van der Waals surface area (Å²) in [6, 6.07) is 84.8. The number of rotatable bonds is 6. The molecule has 0 amide bonds. The van der Waals surface area contributed by atoms with Gasteiger partial charge in [0.15, 0.2) is 0 Å². The molecule has 13 aromatic rings. The van der Waals surface area contributed by atoms with Gasteiger partial charge in [0.2, 0.25) is 0 Å². The van der Waals surface area contributed by atoms with Gasteiger partial charge < -0.3 is 9.47 Å². The van der Waals surface area contributed by atoms with Crippen molar-refractivity contribution in [3.05, 3.63) is 231 Å². The van der Waals surface area contributed by atoms with E-state index in [0.29, 0.717) is 0 Å². The first-order chi connectivity index (χ1) is 31.2. The molecular weight excluding hydrogens is 781 g/mol. The standard InChI is InChI=1S/C60H38N2S/c1-2-13-42-36-47(34-26-39(42)12-1)62-56-22-9-7-18-52(56)55-37-43(29-35-57(55)62)40-24-30-45(31-25-40)61(58-38-44-14-3-4-15-48(44)50-16-5-6-17-51(50)58)46-32-27-41(28-33-46)49-20-11-21-54-53-19-8-10-23-59(53)63-60(49)54/h1-38H. The van der Waals surface area contributed by atoms with Crippen molar-refractivity contribution in [1.29, 1.82) is 0 Å². The molecule has 0 atom stereocenters. The van der Waals surface area contributed by atoms with E-state index >= 15 is 0 Å². The highest BCUT2D eigenvalue weighted by atomic mass is 32.1. The number of aromatic nitrogens is 1. The molecule has 2 nitrogen and oxygen atoms in total. The third-order valence-electron chi connectivity index (χ3n) is 13.0. The second-order valence-electron chi connectivity index (χ2n) is 16.5. The Kier molecular flexibility index (Phi) is 8.12. The summed E-state index contributed by atoms with van der Waals surface area (Å²) in [7, 11) is 0. The molecule has 0 saturated carbocycles. The molecule has 0 aliphatic rings. The summed E-state index contributed by atoms with van der Waals surface area (Å²) in [6.45, 7) is 0. The second kappa shape index (κ2) is 14.3. The number of para-hydroxylation sites is 1. The Morgan fingerprint density at radius 1 is 0.333 bits per heavy atom. The predicted molar refractivity (Wildman–Crippen MR) is 272 cm³/mol. The molecule has 2 heterocycles. The molecule has 11 aromatic carbocycles. The molecule has 63 heavy (non-hydrogen) atoms. The summed E-state index contributed by atoms with van der Waals surface area (Å²) >= 11 is 1.88. The summed E-state index contributed by atoms with van der Waals surface area (Å²) in [5.74, 6) is 0. The molecule has 0 saturated heterocycles. The van der Waals surface area contributed by atoms with Crippen LogP contribution < -0.4 is 4.90 Å². The van der Waals surface area contributed by atoms with Crippen LogP contribution in [0.4, 0.5) is 17.1 Å². The second-order valence-corrected chi connectivity index (χ2v) is 17.5. The van der Waals surface area contributed by atoms with Crippen LogP contribution in [0.1, 0.15) is 0 Å². The molecule has 0 unspecified atom stereocenters. The first kappa shape index (κ1) is 35.7. The highest BCUT2D eigenvalue weighted by Gasteiger charge is 2.19. The average molecular weight is 819 g/mol. The molecule has 0 radical (unpaired) electrons. The normalized spacial score (nSPS) is 11.8. The van der Waals surface area contributed by atoms with Crippen molar-refractivity contribution in [2.24, 2.45) is 0 Å². The van der Waals surface area contributed by atoms with E-state index in [0.717, 1.165) is 17.1 Å². The van der Waals surface area contributed by atoms with E-state index in [2.05, 4.69) is 240 Å². The maximum atomic E-state index is 2.43. The fourth-order valence-corrected chi connectivity index (χ4v) is 11.2. The van der Waals surface area contributed by atoms with E-state index < -0.39 is 0 Å². The molecule has 0 fully saturated rings. The van der Waals surface area contributed by atoms with Crippen molar-refractivity contribution in [3.63, 3.8) is 0 Å². The van der Waals surface area contributed by atoms with Gasteiger partial charge >= 0.3 is 0 Å². The highest BCUT2D eigenvalue weighted by molar-refractivity contribution is 7.26. The molecule has 0 N–H and O–H groups in total. The van der Waals surface area contributed by atoms with Crippen molar-refractivity contribution in [1.82, 2.24) is 4.57 Å². The van der Waals surface area contributed by atoms with E-state index in [-0.39, 0.29) is 0 Å². The Labute approximate surface area is 368 Å². The molecule has 3 heteroatoms. The minimum absolute atomic E-state index is 1.10. The van der Waals surface area contributed by atoms with Crippen LogP contribution in [-0.4, -0.2) is 4.57 Å². The average Bonchev–Trinajstić information content (AvgIpc) is 3.90. The van der Waals surface area contributed by atoms with E-state index in [9.17, 15) is 0 Å². The Morgan fingerprint density at radius 3 is 1.75 bits per heavy atom. The molecule has 13 rings (SSSR count). The molecule has 0 spiro atoms. The fourth-order valence-electron chi connectivity index (χ4n) is 9.96. The first-order valence-corrected chi connectivity index (χ1v) is 22.4. The Bertz CT molecular complexity index is 3910. The van der Waals surface area contributed by atoms with Crippen molar-refractivity contribution >= 4 is 103 Å². The minimum Gasteiger partial charge on any atom is -0.310 e. The van der Waals surface area contributed by atoms with Crippen molar-refractivity contribution in [2.75, 3.05) is 4.90 Å². The molecule has 0 bridgehead atoms. The van der Waals surface area contributed by atoms with Crippen LogP contribution in [0.25, 0.3) is 102 Å². The van der Waals surface area contributed by atoms with Gasteiger partial charge in [-0.25, -0.2) is 0 Å². The van der Waals surface area contributed by atoms with Crippen LogP contribution >= 0.6 is 11.3 Å². The Hall–Kier alpha value is -7.98. The lowest BCUT2D eigenvalue weighted by molar-refractivity contribution is 1.19. The largest absolute Gasteiger partial charge is 0.310 e. The molecule has 0 aliphatic carbocycles. The first-order valence-electron chi connectivity index (χ1n) is 21.6. The number of nitrogens with zero attached hydrogens (tertiary/aromatic N) is 2. The SMILES string of the molecule is c1ccc2cc(-n3c4ccccc4c4cc(-c5ccc(N(c6ccc(-c7cccc8c7sc7ccccc78)cc6)c6cc7ccccc7c7ccccc67)cc5)ccc43)ccc2c1. The lowest BCUT2D eigenvalue weighted by Crippen LogP contribution is -2.10. The van der Waals surface area contributed by atoms with Crippen LogP contribution in [0, 0.1) is 0 Å². The van der Waals surface area contributed by atoms with Crippen LogP contribution in [0.3, 0.4) is 0 Å². The Balaban J connectivity index is 0.935. The number of thiophene rings is 1. The van der Waals surface area contributed by atoms with E-state index in [1.54, 1.807) is 0 Å². The zero-order chi connectivity index (χ0) is 41.4. The molecular formula is C60H38N2S. The quantitative estimate of drug-likeness (QED) is 0.152. The lowest BCUT2D eigenvalue weighted by atomic mass is 9.98. The number of hydrogen-bond acceptors (Lipinski definition) is 2. The Morgan fingerprint density at radius 2 is 0.937 bits per heavy atom. The minimum atomic E-state index is 1.10. The number of hydrogen-bond donors (Lipinski definition) is 0. The monoisotopic (exact) mass is 818 g/mol. The van der Waals surface area contributed by atoms with Gasteiger partial charge in [0.05, 0.1) is 16.7 Å². The van der Waals surface area contributed by atoms with E-state index in [4.69, 9.17) is 0 Å². The summed E-state index contributed by atoms with van der Waals surface area (Å²) in [6.07, 6.45) is 0. The summed E-state index contributed by atoms with van der Waals surface area (Å²) in [4.78, 5) is 2.43. The predicted octanol–water partition coefficient (Wildman–Crippen LogP) is 17.4. The van der Waals surface area contributed by atoms with Gasteiger partial charge in [-0.3, -0.25) is 0 Å². The summed E-state index contributed by atoms with van der Waals surface area (Å²) < 4.78 is 5.06. The van der Waals surface area contributed by atoms with Gasteiger partial charge in [0.25, 0.3) is 0 Å². The molecule has 2 aromatic heterocycles. The zero-order valence-corrected chi connectivity index (χ0v) is 35.1. The fraction of sp³-hybridized carbons (Fsp3) is 0. The van der Waals surface area contributed by atoms with E-state index in [1.807, 2.05) is 11.3 Å². The third kappa shape index (κ3) is 5.78. The summed E-state index contributed by atoms with van der Waals surface area (Å²) in [5, 5.41) is 12.6. The van der Waals surface area contributed by atoms with Crippen LogP contribution in [0.2, 0.25) is 0 Å². The van der Waals surface area contributed by atoms with Gasteiger partial charge in [-0.05, 0) is 116 Å². The highest BCUT2D eigenvalue weighted by Crippen LogP contribution is 2.45. The number of fused-ring (bicyclic) bond motifs is 10. The van der Waals surface area contributed by atoms with Gasteiger partial charge in [0.1, 0.15) is 0 Å². The maximum absolute atomic E-state index is 2.43. The molecule has 0 aliphatic heterocycles.